The second-order valence-corrected chi connectivity index (χ2v) is 7.67. The first-order chi connectivity index (χ1) is 9.22. The Hall–Kier alpha value is -0.820. The predicted molar refractivity (Wildman–Crippen MR) is 78.7 cm³/mol. The minimum atomic E-state index is 0.696. The van der Waals surface area contributed by atoms with E-state index in [-0.39, 0.29) is 0 Å². The van der Waals surface area contributed by atoms with Crippen LogP contribution in [0.1, 0.15) is 44.6 Å². The zero-order valence-corrected chi connectivity index (χ0v) is 11.9. The van der Waals surface area contributed by atoms with Crippen molar-refractivity contribution < 1.29 is 0 Å². The molecule has 1 N–H and O–H groups in total. The second kappa shape index (κ2) is 4.34. The van der Waals surface area contributed by atoms with Crippen molar-refractivity contribution in [2.24, 2.45) is 23.2 Å². The molecular weight excluding hydrogens is 230 g/mol. The Labute approximate surface area is 116 Å². The van der Waals surface area contributed by atoms with Gasteiger partial charge in [-0.1, -0.05) is 37.3 Å². The molecule has 4 aliphatic carbocycles. The minimum Gasteiger partial charge on any atom is -0.309 e. The topological polar surface area (TPSA) is 12.0 Å². The molecule has 1 aromatic rings. The van der Waals surface area contributed by atoms with E-state index in [4.69, 9.17) is 0 Å². The molecule has 4 saturated carbocycles. The van der Waals surface area contributed by atoms with Crippen LogP contribution in [0.2, 0.25) is 0 Å². The second-order valence-electron chi connectivity index (χ2n) is 7.67. The summed E-state index contributed by atoms with van der Waals surface area (Å²) in [5.41, 5.74) is 2.13. The fourth-order valence-electron chi connectivity index (χ4n) is 5.60. The molecule has 4 bridgehead atoms. The van der Waals surface area contributed by atoms with Crippen LogP contribution in [0, 0.1) is 23.2 Å². The molecule has 0 amide bonds. The molecule has 0 radical (unpaired) electrons. The molecule has 4 aliphatic rings. The van der Waals surface area contributed by atoms with E-state index in [9.17, 15) is 0 Å². The van der Waals surface area contributed by atoms with E-state index in [0.29, 0.717) is 5.41 Å². The molecular formula is C18H25N. The molecule has 0 saturated heterocycles. The third-order valence-electron chi connectivity index (χ3n) is 5.96. The number of nitrogens with one attached hydrogen (secondary N) is 1. The molecule has 2 unspecified atom stereocenters. The van der Waals surface area contributed by atoms with Crippen molar-refractivity contribution in [3.63, 3.8) is 0 Å². The van der Waals surface area contributed by atoms with Gasteiger partial charge in [-0.25, -0.2) is 0 Å². The van der Waals surface area contributed by atoms with Gasteiger partial charge in [0.15, 0.2) is 0 Å². The summed E-state index contributed by atoms with van der Waals surface area (Å²) in [7, 11) is 0. The first-order valence-electron chi connectivity index (χ1n) is 7.99. The normalized spacial score (nSPS) is 43.6. The molecule has 102 valence electrons. The standard InChI is InChI=1S/C18H25N/c1-18-9-14-7-15(10-18)17(16(8-14)11-18)19-12-13-5-3-2-4-6-13/h2-6,14-17,19H,7-12H2,1H3. The van der Waals surface area contributed by atoms with Gasteiger partial charge in [0, 0.05) is 12.6 Å². The van der Waals surface area contributed by atoms with Crippen LogP contribution in [0.4, 0.5) is 0 Å². The molecule has 0 spiro atoms. The van der Waals surface area contributed by atoms with Gasteiger partial charge in [-0.2, -0.15) is 0 Å². The summed E-state index contributed by atoms with van der Waals surface area (Å²) in [6.45, 7) is 3.60. The molecule has 0 aliphatic heterocycles. The number of hydrogen-bond acceptors (Lipinski definition) is 1. The van der Waals surface area contributed by atoms with Crippen LogP contribution >= 0.6 is 0 Å². The van der Waals surface area contributed by atoms with Crippen molar-refractivity contribution >= 4 is 0 Å². The van der Waals surface area contributed by atoms with Gasteiger partial charge < -0.3 is 5.32 Å². The van der Waals surface area contributed by atoms with E-state index < -0.39 is 0 Å². The Morgan fingerprint density at radius 1 is 1.05 bits per heavy atom. The maximum Gasteiger partial charge on any atom is 0.0208 e. The highest BCUT2D eigenvalue weighted by atomic mass is 14.9. The van der Waals surface area contributed by atoms with Crippen LogP contribution in [-0.2, 0) is 6.54 Å². The van der Waals surface area contributed by atoms with Crippen molar-refractivity contribution in [2.75, 3.05) is 0 Å². The number of rotatable bonds is 3. The van der Waals surface area contributed by atoms with E-state index in [1.807, 2.05) is 0 Å². The van der Waals surface area contributed by atoms with Crippen LogP contribution < -0.4 is 5.32 Å². The van der Waals surface area contributed by atoms with Crippen molar-refractivity contribution in [3.05, 3.63) is 35.9 Å². The maximum atomic E-state index is 3.90. The molecule has 19 heavy (non-hydrogen) atoms. The summed E-state index contributed by atoms with van der Waals surface area (Å²) >= 11 is 0. The van der Waals surface area contributed by atoms with Crippen molar-refractivity contribution in [1.29, 1.82) is 0 Å². The highest BCUT2D eigenvalue weighted by Gasteiger charge is 2.52. The quantitative estimate of drug-likeness (QED) is 0.861. The van der Waals surface area contributed by atoms with Gasteiger partial charge in [0.25, 0.3) is 0 Å². The summed E-state index contributed by atoms with van der Waals surface area (Å²) in [5.74, 6) is 2.97. The van der Waals surface area contributed by atoms with Crippen LogP contribution in [-0.4, -0.2) is 6.04 Å². The van der Waals surface area contributed by atoms with Gasteiger partial charge in [-0.3, -0.25) is 0 Å². The Morgan fingerprint density at radius 3 is 2.37 bits per heavy atom. The van der Waals surface area contributed by atoms with Gasteiger partial charge in [0.05, 0.1) is 0 Å². The first-order valence-corrected chi connectivity index (χ1v) is 7.99. The van der Waals surface area contributed by atoms with Crippen molar-refractivity contribution in [2.45, 2.75) is 51.6 Å². The number of benzene rings is 1. The first kappa shape index (κ1) is 12.0. The van der Waals surface area contributed by atoms with E-state index in [0.717, 1.165) is 30.3 Å². The molecule has 5 rings (SSSR count). The Morgan fingerprint density at radius 2 is 1.74 bits per heavy atom. The SMILES string of the molecule is CC12CC3CC(C1)C(NCc1ccccc1)C(C3)C2. The summed E-state index contributed by atoms with van der Waals surface area (Å²) in [6.07, 6.45) is 7.47. The monoisotopic (exact) mass is 255 g/mol. The molecule has 1 nitrogen and oxygen atoms in total. The zero-order chi connectivity index (χ0) is 12.9. The summed E-state index contributed by atoms with van der Waals surface area (Å²) in [6, 6.07) is 11.7. The summed E-state index contributed by atoms with van der Waals surface area (Å²) in [4.78, 5) is 0. The molecule has 1 heteroatoms. The lowest BCUT2D eigenvalue weighted by Crippen LogP contribution is -2.57. The lowest BCUT2D eigenvalue weighted by atomic mass is 9.48. The fourth-order valence-corrected chi connectivity index (χ4v) is 5.60. The minimum absolute atomic E-state index is 0.696. The lowest BCUT2D eigenvalue weighted by Gasteiger charge is -2.59. The zero-order valence-electron chi connectivity index (χ0n) is 11.9. The fraction of sp³-hybridized carbons (Fsp3) is 0.667. The van der Waals surface area contributed by atoms with E-state index in [1.165, 1.54) is 37.7 Å². The Kier molecular flexibility index (Phi) is 2.73. The largest absolute Gasteiger partial charge is 0.309 e. The highest BCUT2D eigenvalue weighted by Crippen LogP contribution is 2.59. The van der Waals surface area contributed by atoms with Crippen LogP contribution in [0.15, 0.2) is 30.3 Å². The number of hydrogen-bond donors (Lipinski definition) is 1. The lowest BCUT2D eigenvalue weighted by molar-refractivity contribution is -0.0669. The Bertz CT molecular complexity index is 436. The van der Waals surface area contributed by atoms with E-state index in [2.05, 4.69) is 42.6 Å². The van der Waals surface area contributed by atoms with Gasteiger partial charge >= 0.3 is 0 Å². The average molecular weight is 255 g/mol. The average Bonchev–Trinajstić information content (AvgIpc) is 2.37. The van der Waals surface area contributed by atoms with E-state index >= 15 is 0 Å². The van der Waals surface area contributed by atoms with E-state index in [1.54, 1.807) is 0 Å². The van der Waals surface area contributed by atoms with Gasteiger partial charge in [0.1, 0.15) is 0 Å². The predicted octanol–water partition coefficient (Wildman–Crippen LogP) is 3.99. The highest BCUT2D eigenvalue weighted by molar-refractivity contribution is 5.15. The maximum absolute atomic E-state index is 3.90. The van der Waals surface area contributed by atoms with Gasteiger partial charge in [-0.05, 0) is 60.8 Å². The summed E-state index contributed by atoms with van der Waals surface area (Å²) < 4.78 is 0. The van der Waals surface area contributed by atoms with Crippen LogP contribution in [0.25, 0.3) is 0 Å². The van der Waals surface area contributed by atoms with Gasteiger partial charge in [0.2, 0.25) is 0 Å². The van der Waals surface area contributed by atoms with Crippen LogP contribution in [0.3, 0.4) is 0 Å². The molecule has 0 aromatic heterocycles. The molecule has 0 heterocycles. The van der Waals surface area contributed by atoms with Crippen LogP contribution in [0.5, 0.6) is 0 Å². The third kappa shape index (κ3) is 2.12. The van der Waals surface area contributed by atoms with Gasteiger partial charge in [-0.15, -0.1) is 0 Å². The molecule has 2 atom stereocenters. The van der Waals surface area contributed by atoms with Crippen molar-refractivity contribution in [3.8, 4) is 0 Å². The Balaban J connectivity index is 1.45. The van der Waals surface area contributed by atoms with Crippen molar-refractivity contribution in [1.82, 2.24) is 5.32 Å². The third-order valence-corrected chi connectivity index (χ3v) is 5.96. The molecule has 1 aromatic carbocycles. The summed E-state index contributed by atoms with van der Waals surface area (Å²) in [5, 5.41) is 3.90. The smallest absolute Gasteiger partial charge is 0.0208 e. The molecule has 4 fully saturated rings.